The number of nitrogens with zero attached hydrogens (tertiary/aromatic N) is 1. The van der Waals surface area contributed by atoms with Gasteiger partial charge in [-0.3, -0.25) is 9.59 Å². The number of ketones is 1. The first-order chi connectivity index (χ1) is 12.5. The SMILES string of the molecule is O=C(NCCN1CCCS1(=O)=O)c1ccccc1C(=O)c1ccccc1. The molecule has 0 aliphatic carbocycles. The van der Waals surface area contributed by atoms with Crippen LogP contribution in [0, 0.1) is 0 Å². The van der Waals surface area contributed by atoms with Crippen LogP contribution in [0.4, 0.5) is 0 Å². The topological polar surface area (TPSA) is 83.6 Å². The molecule has 1 amide bonds. The van der Waals surface area contributed by atoms with E-state index in [1.165, 1.54) is 4.31 Å². The van der Waals surface area contributed by atoms with Crippen molar-refractivity contribution in [2.75, 3.05) is 25.4 Å². The minimum Gasteiger partial charge on any atom is -0.351 e. The smallest absolute Gasteiger partial charge is 0.252 e. The van der Waals surface area contributed by atoms with Gasteiger partial charge in [-0.1, -0.05) is 48.5 Å². The molecule has 1 saturated heterocycles. The number of amides is 1. The molecule has 136 valence electrons. The molecule has 2 aromatic rings. The Kier molecular flexibility index (Phi) is 5.49. The molecule has 1 aliphatic rings. The van der Waals surface area contributed by atoms with Crippen LogP contribution in [0.25, 0.3) is 0 Å². The highest BCUT2D eigenvalue weighted by atomic mass is 32.2. The molecular weight excluding hydrogens is 352 g/mol. The second kappa shape index (κ2) is 7.80. The van der Waals surface area contributed by atoms with Crippen LogP contribution in [0.5, 0.6) is 0 Å². The highest BCUT2D eigenvalue weighted by Crippen LogP contribution is 2.15. The summed E-state index contributed by atoms with van der Waals surface area (Å²) < 4.78 is 24.9. The van der Waals surface area contributed by atoms with Crippen LogP contribution >= 0.6 is 0 Å². The van der Waals surface area contributed by atoms with Crippen molar-refractivity contribution in [3.63, 3.8) is 0 Å². The molecule has 2 aromatic carbocycles. The summed E-state index contributed by atoms with van der Waals surface area (Å²) in [6.07, 6.45) is 0.616. The third-order valence-electron chi connectivity index (χ3n) is 4.30. The molecule has 0 radical (unpaired) electrons. The lowest BCUT2D eigenvalue weighted by Crippen LogP contribution is -2.36. The van der Waals surface area contributed by atoms with E-state index >= 15 is 0 Å². The average molecular weight is 372 g/mol. The summed E-state index contributed by atoms with van der Waals surface area (Å²) in [4.78, 5) is 25.2. The fourth-order valence-corrected chi connectivity index (χ4v) is 4.48. The Morgan fingerprint density at radius 3 is 2.27 bits per heavy atom. The van der Waals surface area contributed by atoms with Gasteiger partial charge in [-0.25, -0.2) is 12.7 Å². The largest absolute Gasteiger partial charge is 0.351 e. The number of benzene rings is 2. The molecule has 3 rings (SSSR count). The summed E-state index contributed by atoms with van der Waals surface area (Å²) in [5.74, 6) is -0.449. The van der Waals surface area contributed by atoms with Crippen molar-refractivity contribution in [1.29, 1.82) is 0 Å². The number of rotatable bonds is 6. The zero-order valence-corrected chi connectivity index (χ0v) is 15.0. The van der Waals surface area contributed by atoms with Gasteiger partial charge in [0, 0.05) is 30.8 Å². The lowest BCUT2D eigenvalue weighted by Gasteiger charge is -2.15. The summed E-state index contributed by atoms with van der Waals surface area (Å²) in [6, 6.07) is 15.4. The molecule has 1 fully saturated rings. The molecule has 0 saturated carbocycles. The highest BCUT2D eigenvalue weighted by Gasteiger charge is 2.27. The molecular formula is C19H20N2O4S. The van der Waals surface area contributed by atoms with E-state index in [1.807, 2.05) is 6.07 Å². The van der Waals surface area contributed by atoms with Gasteiger partial charge >= 0.3 is 0 Å². The maximum atomic E-state index is 12.7. The van der Waals surface area contributed by atoms with Crippen LogP contribution in [-0.4, -0.2) is 49.8 Å². The summed E-state index contributed by atoms with van der Waals surface area (Å²) >= 11 is 0. The Labute approximate surface area is 152 Å². The minimum absolute atomic E-state index is 0.162. The van der Waals surface area contributed by atoms with E-state index in [9.17, 15) is 18.0 Å². The second-order valence-electron chi connectivity index (χ2n) is 6.07. The summed E-state index contributed by atoms with van der Waals surface area (Å²) in [5.41, 5.74) is 1.12. The van der Waals surface area contributed by atoms with Gasteiger partial charge in [-0.15, -0.1) is 0 Å². The number of carbonyl (C=O) groups excluding carboxylic acids is 2. The number of sulfonamides is 1. The Bertz CT molecular complexity index is 910. The first-order valence-electron chi connectivity index (χ1n) is 8.44. The molecule has 6 nitrogen and oxygen atoms in total. The molecule has 0 aromatic heterocycles. The lowest BCUT2D eigenvalue weighted by atomic mass is 9.98. The fraction of sp³-hybridized carbons (Fsp3) is 0.263. The van der Waals surface area contributed by atoms with E-state index in [4.69, 9.17) is 0 Å². The van der Waals surface area contributed by atoms with Crippen molar-refractivity contribution in [2.45, 2.75) is 6.42 Å². The van der Waals surface area contributed by atoms with Gasteiger partial charge in [0.25, 0.3) is 5.91 Å². The van der Waals surface area contributed by atoms with Gasteiger partial charge in [0.15, 0.2) is 5.78 Å². The van der Waals surface area contributed by atoms with Crippen LogP contribution in [0.1, 0.15) is 32.7 Å². The molecule has 0 spiro atoms. The lowest BCUT2D eigenvalue weighted by molar-refractivity contribution is 0.0940. The highest BCUT2D eigenvalue weighted by molar-refractivity contribution is 7.89. The van der Waals surface area contributed by atoms with E-state index in [0.29, 0.717) is 24.1 Å². The van der Waals surface area contributed by atoms with Crippen LogP contribution in [0.2, 0.25) is 0 Å². The second-order valence-corrected chi connectivity index (χ2v) is 8.15. The molecule has 0 unspecified atom stereocenters. The summed E-state index contributed by atoms with van der Waals surface area (Å²) in [5, 5.41) is 2.71. The van der Waals surface area contributed by atoms with E-state index in [1.54, 1.807) is 48.5 Å². The van der Waals surface area contributed by atoms with Gasteiger partial charge < -0.3 is 5.32 Å². The molecule has 0 atom stereocenters. The standard InChI is InChI=1S/C19H20N2O4S/c22-18(15-7-2-1-3-8-15)16-9-4-5-10-17(16)19(23)20-11-13-21-12-6-14-26(21,24)25/h1-5,7-10H,6,11-14H2,(H,20,23). The Hall–Kier alpha value is -2.51. The zero-order chi connectivity index (χ0) is 18.6. The number of nitrogens with one attached hydrogen (secondary N) is 1. The summed E-state index contributed by atoms with van der Waals surface area (Å²) in [6.45, 7) is 0.927. The fourth-order valence-electron chi connectivity index (χ4n) is 2.96. The van der Waals surface area contributed by atoms with Crippen LogP contribution in [0.15, 0.2) is 54.6 Å². The van der Waals surface area contributed by atoms with Gasteiger partial charge in [0.1, 0.15) is 0 Å². The van der Waals surface area contributed by atoms with Crippen molar-refractivity contribution >= 4 is 21.7 Å². The molecule has 1 aliphatic heterocycles. The predicted octanol–water partition coefficient (Wildman–Crippen LogP) is 1.68. The Morgan fingerprint density at radius 2 is 1.62 bits per heavy atom. The van der Waals surface area contributed by atoms with Crippen molar-refractivity contribution in [1.82, 2.24) is 9.62 Å². The van der Waals surface area contributed by atoms with Crippen molar-refractivity contribution in [3.05, 3.63) is 71.3 Å². The normalized spacial score (nSPS) is 16.3. The quantitative estimate of drug-likeness (QED) is 0.782. The molecule has 26 heavy (non-hydrogen) atoms. The first-order valence-corrected chi connectivity index (χ1v) is 10.0. The third-order valence-corrected chi connectivity index (χ3v) is 6.26. The number of hydrogen-bond donors (Lipinski definition) is 1. The summed E-state index contributed by atoms with van der Waals surface area (Å²) in [7, 11) is -3.18. The van der Waals surface area contributed by atoms with Crippen molar-refractivity contribution in [3.8, 4) is 0 Å². The van der Waals surface area contributed by atoms with E-state index in [-0.39, 0.29) is 36.1 Å². The zero-order valence-electron chi connectivity index (χ0n) is 14.2. The number of carbonyl (C=O) groups is 2. The van der Waals surface area contributed by atoms with Gasteiger partial charge in [0.2, 0.25) is 10.0 Å². The molecule has 7 heteroatoms. The van der Waals surface area contributed by atoms with Crippen LogP contribution in [-0.2, 0) is 10.0 Å². The van der Waals surface area contributed by atoms with E-state index < -0.39 is 10.0 Å². The monoisotopic (exact) mass is 372 g/mol. The average Bonchev–Trinajstić information content (AvgIpc) is 3.00. The third kappa shape index (κ3) is 4.00. The predicted molar refractivity (Wildman–Crippen MR) is 98.6 cm³/mol. The Morgan fingerprint density at radius 1 is 0.962 bits per heavy atom. The first kappa shape index (κ1) is 18.3. The minimum atomic E-state index is -3.18. The maximum Gasteiger partial charge on any atom is 0.252 e. The van der Waals surface area contributed by atoms with Crippen molar-refractivity contribution in [2.24, 2.45) is 0 Å². The van der Waals surface area contributed by atoms with Crippen LogP contribution in [0.3, 0.4) is 0 Å². The maximum absolute atomic E-state index is 12.7. The molecule has 0 bridgehead atoms. The van der Waals surface area contributed by atoms with E-state index in [0.717, 1.165) is 0 Å². The molecule has 1 heterocycles. The number of hydrogen-bond acceptors (Lipinski definition) is 4. The van der Waals surface area contributed by atoms with Crippen molar-refractivity contribution < 1.29 is 18.0 Å². The molecule has 1 N–H and O–H groups in total. The Balaban J connectivity index is 1.69. The van der Waals surface area contributed by atoms with Gasteiger partial charge in [-0.2, -0.15) is 0 Å². The van der Waals surface area contributed by atoms with E-state index in [2.05, 4.69) is 5.32 Å². The van der Waals surface area contributed by atoms with Gasteiger partial charge in [-0.05, 0) is 12.5 Å². The van der Waals surface area contributed by atoms with Gasteiger partial charge in [0.05, 0.1) is 11.3 Å². The van der Waals surface area contributed by atoms with Crippen LogP contribution < -0.4 is 5.32 Å².